The van der Waals surface area contributed by atoms with E-state index in [0.29, 0.717) is 6.04 Å². The van der Waals surface area contributed by atoms with E-state index in [0.717, 1.165) is 30.2 Å². The van der Waals surface area contributed by atoms with Gasteiger partial charge in [0.15, 0.2) is 0 Å². The fourth-order valence-corrected chi connectivity index (χ4v) is 2.02. The minimum atomic E-state index is 0.458. The standard InChI is InChI=1S/C15H28N4/c1-5-7-8-9-12(3)19-15-13(4)14(16-10-6-2)17-11-18-15/h11-12H,5-10H2,1-4H3,(H2,16,17,18,19). The third-order valence-electron chi connectivity index (χ3n) is 3.25. The maximum atomic E-state index is 4.35. The molecule has 1 atom stereocenters. The van der Waals surface area contributed by atoms with Crippen LogP contribution in [0, 0.1) is 6.92 Å². The molecule has 0 spiro atoms. The van der Waals surface area contributed by atoms with Crippen LogP contribution < -0.4 is 10.6 Å². The van der Waals surface area contributed by atoms with Crippen LogP contribution >= 0.6 is 0 Å². The van der Waals surface area contributed by atoms with E-state index in [-0.39, 0.29) is 0 Å². The van der Waals surface area contributed by atoms with Crippen LogP contribution in [0.2, 0.25) is 0 Å². The number of nitrogens with zero attached hydrogens (tertiary/aromatic N) is 2. The first kappa shape index (κ1) is 15.7. The van der Waals surface area contributed by atoms with Crippen LogP contribution in [-0.4, -0.2) is 22.6 Å². The predicted molar refractivity (Wildman–Crippen MR) is 82.8 cm³/mol. The van der Waals surface area contributed by atoms with Crippen molar-refractivity contribution in [1.29, 1.82) is 0 Å². The maximum absolute atomic E-state index is 4.35. The topological polar surface area (TPSA) is 49.8 Å². The van der Waals surface area contributed by atoms with E-state index in [9.17, 15) is 0 Å². The molecule has 0 fully saturated rings. The first-order valence-corrected chi connectivity index (χ1v) is 7.51. The van der Waals surface area contributed by atoms with Gasteiger partial charge in [0.25, 0.3) is 0 Å². The number of unbranched alkanes of at least 4 members (excludes halogenated alkanes) is 2. The van der Waals surface area contributed by atoms with Gasteiger partial charge in [-0.15, -0.1) is 0 Å². The third-order valence-corrected chi connectivity index (χ3v) is 3.25. The monoisotopic (exact) mass is 264 g/mol. The van der Waals surface area contributed by atoms with Crippen molar-refractivity contribution in [3.05, 3.63) is 11.9 Å². The molecule has 1 rings (SSSR count). The zero-order valence-electron chi connectivity index (χ0n) is 12.8. The summed E-state index contributed by atoms with van der Waals surface area (Å²) in [6.45, 7) is 9.62. The van der Waals surface area contributed by atoms with Crippen molar-refractivity contribution < 1.29 is 0 Å². The summed E-state index contributed by atoms with van der Waals surface area (Å²) in [5.41, 5.74) is 1.11. The number of hydrogen-bond acceptors (Lipinski definition) is 4. The van der Waals surface area contributed by atoms with Crippen molar-refractivity contribution in [1.82, 2.24) is 9.97 Å². The van der Waals surface area contributed by atoms with E-state index < -0.39 is 0 Å². The lowest BCUT2D eigenvalue weighted by Gasteiger charge is -2.17. The molecule has 0 aliphatic rings. The molecule has 0 aromatic carbocycles. The summed E-state index contributed by atoms with van der Waals surface area (Å²) in [7, 11) is 0. The van der Waals surface area contributed by atoms with Crippen molar-refractivity contribution in [3.63, 3.8) is 0 Å². The van der Waals surface area contributed by atoms with Crippen LogP contribution in [0.25, 0.3) is 0 Å². The van der Waals surface area contributed by atoms with Gasteiger partial charge in [-0.2, -0.15) is 0 Å². The number of hydrogen-bond donors (Lipinski definition) is 2. The van der Waals surface area contributed by atoms with Crippen molar-refractivity contribution in [2.45, 2.75) is 65.8 Å². The first-order chi connectivity index (χ1) is 9.19. The zero-order chi connectivity index (χ0) is 14.1. The quantitative estimate of drug-likeness (QED) is 0.662. The lowest BCUT2D eigenvalue weighted by Crippen LogP contribution is -2.17. The molecule has 0 aliphatic carbocycles. The Labute approximate surface area is 117 Å². The largest absolute Gasteiger partial charge is 0.370 e. The summed E-state index contributed by atoms with van der Waals surface area (Å²) in [5.74, 6) is 1.90. The fraction of sp³-hybridized carbons (Fsp3) is 0.733. The van der Waals surface area contributed by atoms with E-state index in [1.807, 2.05) is 0 Å². The van der Waals surface area contributed by atoms with Gasteiger partial charge < -0.3 is 10.6 Å². The van der Waals surface area contributed by atoms with Crippen LogP contribution in [0.3, 0.4) is 0 Å². The van der Waals surface area contributed by atoms with Crippen LogP contribution in [-0.2, 0) is 0 Å². The molecule has 0 bridgehead atoms. The summed E-state index contributed by atoms with van der Waals surface area (Å²) >= 11 is 0. The molecule has 0 saturated carbocycles. The van der Waals surface area contributed by atoms with Gasteiger partial charge in [0, 0.05) is 18.2 Å². The van der Waals surface area contributed by atoms with E-state index in [1.54, 1.807) is 6.33 Å². The Morgan fingerprint density at radius 1 is 1.11 bits per heavy atom. The number of anilines is 2. The van der Waals surface area contributed by atoms with Gasteiger partial charge in [-0.1, -0.05) is 33.1 Å². The van der Waals surface area contributed by atoms with E-state index >= 15 is 0 Å². The summed E-state index contributed by atoms with van der Waals surface area (Å²) in [4.78, 5) is 8.65. The van der Waals surface area contributed by atoms with E-state index in [2.05, 4.69) is 48.3 Å². The smallest absolute Gasteiger partial charge is 0.134 e. The molecule has 4 nitrogen and oxygen atoms in total. The molecule has 1 aromatic heterocycles. The normalized spacial score (nSPS) is 12.2. The molecule has 19 heavy (non-hydrogen) atoms. The van der Waals surface area contributed by atoms with Crippen LogP contribution in [0.1, 0.15) is 58.4 Å². The predicted octanol–water partition coefficient (Wildman–Crippen LogP) is 3.99. The highest BCUT2D eigenvalue weighted by atomic mass is 15.1. The lowest BCUT2D eigenvalue weighted by atomic mass is 10.1. The zero-order valence-corrected chi connectivity index (χ0v) is 12.8. The first-order valence-electron chi connectivity index (χ1n) is 7.51. The van der Waals surface area contributed by atoms with Gasteiger partial charge in [-0.05, 0) is 26.7 Å². The Bertz CT molecular complexity index is 365. The molecule has 1 heterocycles. The highest BCUT2D eigenvalue weighted by Gasteiger charge is 2.09. The van der Waals surface area contributed by atoms with Crippen molar-refractivity contribution in [3.8, 4) is 0 Å². The van der Waals surface area contributed by atoms with Crippen LogP contribution in [0.5, 0.6) is 0 Å². The molecule has 0 aliphatic heterocycles. The number of rotatable bonds is 9. The van der Waals surface area contributed by atoms with Gasteiger partial charge in [0.05, 0.1) is 0 Å². The fourth-order valence-electron chi connectivity index (χ4n) is 2.02. The van der Waals surface area contributed by atoms with E-state index in [1.165, 1.54) is 25.7 Å². The second kappa shape index (κ2) is 8.73. The van der Waals surface area contributed by atoms with Gasteiger partial charge in [0.2, 0.25) is 0 Å². The van der Waals surface area contributed by atoms with Crippen LogP contribution in [0.4, 0.5) is 11.6 Å². The molecule has 2 N–H and O–H groups in total. The Morgan fingerprint density at radius 3 is 2.53 bits per heavy atom. The second-order valence-electron chi connectivity index (χ2n) is 5.16. The summed E-state index contributed by atoms with van der Waals surface area (Å²) in [6, 6.07) is 0.458. The minimum absolute atomic E-state index is 0.458. The molecule has 1 aromatic rings. The van der Waals surface area contributed by atoms with E-state index in [4.69, 9.17) is 0 Å². The SMILES string of the molecule is CCCCCC(C)Nc1ncnc(NCCC)c1C. The molecule has 0 saturated heterocycles. The molecule has 4 heteroatoms. The third kappa shape index (κ3) is 5.45. The average Bonchev–Trinajstić information content (AvgIpc) is 2.40. The van der Waals surface area contributed by atoms with Crippen molar-refractivity contribution in [2.24, 2.45) is 0 Å². The van der Waals surface area contributed by atoms with Gasteiger partial charge in [0.1, 0.15) is 18.0 Å². The Morgan fingerprint density at radius 2 is 1.84 bits per heavy atom. The molecule has 0 radical (unpaired) electrons. The summed E-state index contributed by atoms with van der Waals surface area (Å²) in [5, 5.41) is 6.83. The summed E-state index contributed by atoms with van der Waals surface area (Å²) < 4.78 is 0. The van der Waals surface area contributed by atoms with Gasteiger partial charge in [-0.3, -0.25) is 0 Å². The number of nitrogens with one attached hydrogen (secondary N) is 2. The molecule has 1 unspecified atom stereocenters. The Balaban J connectivity index is 2.57. The Hall–Kier alpha value is -1.32. The maximum Gasteiger partial charge on any atom is 0.134 e. The highest BCUT2D eigenvalue weighted by Crippen LogP contribution is 2.19. The van der Waals surface area contributed by atoms with Crippen molar-refractivity contribution in [2.75, 3.05) is 17.2 Å². The summed E-state index contributed by atoms with van der Waals surface area (Å²) in [6.07, 6.45) is 7.76. The molecular formula is C15H28N4. The average molecular weight is 264 g/mol. The van der Waals surface area contributed by atoms with Gasteiger partial charge in [-0.25, -0.2) is 9.97 Å². The van der Waals surface area contributed by atoms with Crippen LogP contribution in [0.15, 0.2) is 6.33 Å². The highest BCUT2D eigenvalue weighted by molar-refractivity contribution is 5.56. The molecular weight excluding hydrogens is 236 g/mol. The van der Waals surface area contributed by atoms with Gasteiger partial charge >= 0.3 is 0 Å². The minimum Gasteiger partial charge on any atom is -0.370 e. The second-order valence-corrected chi connectivity index (χ2v) is 5.16. The Kier molecular flexibility index (Phi) is 7.23. The lowest BCUT2D eigenvalue weighted by molar-refractivity contribution is 0.613. The molecule has 0 amide bonds. The number of aromatic nitrogens is 2. The molecule has 108 valence electrons. The van der Waals surface area contributed by atoms with Crippen molar-refractivity contribution >= 4 is 11.6 Å².